The molecule has 1 fully saturated rings. The van der Waals surface area contributed by atoms with Crippen molar-refractivity contribution in [3.8, 4) is 0 Å². The van der Waals surface area contributed by atoms with E-state index >= 15 is 0 Å². The Labute approximate surface area is 167 Å². The van der Waals surface area contributed by atoms with E-state index in [1.165, 1.54) is 0 Å². The van der Waals surface area contributed by atoms with Crippen LogP contribution in [0.4, 0.5) is 21.6 Å². The summed E-state index contributed by atoms with van der Waals surface area (Å²) in [5.74, 6) is -1.05. The first kappa shape index (κ1) is 19.1. The van der Waals surface area contributed by atoms with Gasteiger partial charge in [0.1, 0.15) is 5.56 Å². The third kappa shape index (κ3) is 3.70. The van der Waals surface area contributed by atoms with E-state index < -0.39 is 11.7 Å². The van der Waals surface area contributed by atoms with Gasteiger partial charge in [-0.15, -0.1) is 5.10 Å². The third-order valence-electron chi connectivity index (χ3n) is 5.13. The highest BCUT2D eigenvalue weighted by molar-refractivity contribution is 6.12. The van der Waals surface area contributed by atoms with Crippen molar-refractivity contribution in [2.45, 2.75) is 19.9 Å². The number of hydrogen-bond donors (Lipinski definition) is 2. The molecule has 0 aliphatic carbocycles. The quantitative estimate of drug-likeness (QED) is 0.688. The summed E-state index contributed by atoms with van der Waals surface area (Å²) < 4.78 is 14.5. The van der Waals surface area contributed by atoms with Crippen LogP contribution in [0.15, 0.2) is 30.9 Å². The van der Waals surface area contributed by atoms with E-state index in [4.69, 9.17) is 5.73 Å². The number of halogens is 1. The molecule has 1 aliphatic heterocycles. The molecule has 3 aromatic heterocycles. The van der Waals surface area contributed by atoms with E-state index in [-0.39, 0.29) is 17.0 Å². The molecule has 1 amide bonds. The number of piperazine rings is 1. The number of amides is 1. The first-order chi connectivity index (χ1) is 13.9. The van der Waals surface area contributed by atoms with Crippen LogP contribution in [0, 0.1) is 5.82 Å². The molecule has 0 bridgehead atoms. The average molecular weight is 398 g/mol. The van der Waals surface area contributed by atoms with Crippen LogP contribution < -0.4 is 16.0 Å². The topological polar surface area (TPSA) is 105 Å². The SMILES string of the molecule is CC(C)N1CCN(c2ccncc2NC(=O)c2c(N)nn3cc(F)cnc23)CC1. The van der Waals surface area contributed by atoms with E-state index in [1.807, 2.05) is 6.07 Å². The van der Waals surface area contributed by atoms with E-state index in [2.05, 4.69) is 44.0 Å². The number of carbonyl (C=O) groups excluding carboxylic acids is 1. The van der Waals surface area contributed by atoms with Gasteiger partial charge in [0.2, 0.25) is 0 Å². The van der Waals surface area contributed by atoms with Crippen molar-refractivity contribution in [3.05, 3.63) is 42.2 Å². The van der Waals surface area contributed by atoms with Gasteiger partial charge in [-0.05, 0) is 19.9 Å². The minimum Gasteiger partial charge on any atom is -0.381 e. The predicted molar refractivity (Wildman–Crippen MR) is 108 cm³/mol. The third-order valence-corrected chi connectivity index (χ3v) is 5.13. The number of fused-ring (bicyclic) bond motifs is 1. The fourth-order valence-electron chi connectivity index (χ4n) is 3.57. The number of aromatic nitrogens is 4. The Morgan fingerprint density at radius 2 is 2.00 bits per heavy atom. The summed E-state index contributed by atoms with van der Waals surface area (Å²) in [5, 5.41) is 6.84. The molecule has 0 atom stereocenters. The fourth-order valence-corrected chi connectivity index (χ4v) is 3.57. The number of hydrogen-bond acceptors (Lipinski definition) is 7. The number of nitrogens with two attached hydrogens (primary N) is 1. The molecule has 1 saturated heterocycles. The minimum absolute atomic E-state index is 0.0170. The average Bonchev–Trinajstić information content (AvgIpc) is 3.03. The van der Waals surface area contributed by atoms with Crippen molar-refractivity contribution in [1.29, 1.82) is 0 Å². The smallest absolute Gasteiger partial charge is 0.263 e. The first-order valence-corrected chi connectivity index (χ1v) is 9.47. The molecule has 0 saturated carbocycles. The van der Waals surface area contributed by atoms with Crippen LogP contribution in [0.25, 0.3) is 5.65 Å². The van der Waals surface area contributed by atoms with Crippen molar-refractivity contribution < 1.29 is 9.18 Å². The highest BCUT2D eigenvalue weighted by Gasteiger charge is 2.24. The normalized spacial score (nSPS) is 15.2. The van der Waals surface area contributed by atoms with Gasteiger partial charge in [0.25, 0.3) is 5.91 Å². The number of pyridine rings is 1. The highest BCUT2D eigenvalue weighted by Crippen LogP contribution is 2.27. The molecule has 0 spiro atoms. The number of rotatable bonds is 4. The maximum absolute atomic E-state index is 13.4. The van der Waals surface area contributed by atoms with Crippen LogP contribution in [0.3, 0.4) is 0 Å². The van der Waals surface area contributed by atoms with Gasteiger partial charge in [0.05, 0.1) is 30.0 Å². The Balaban J connectivity index is 1.58. The largest absolute Gasteiger partial charge is 0.381 e. The summed E-state index contributed by atoms with van der Waals surface area (Å²) in [5.41, 5.74) is 7.66. The van der Waals surface area contributed by atoms with Crippen LogP contribution in [-0.2, 0) is 0 Å². The second-order valence-corrected chi connectivity index (χ2v) is 7.26. The van der Waals surface area contributed by atoms with Gasteiger partial charge in [-0.2, -0.15) is 0 Å². The maximum atomic E-state index is 13.4. The fraction of sp³-hybridized carbons (Fsp3) is 0.368. The molecule has 0 aromatic carbocycles. The summed E-state index contributed by atoms with van der Waals surface area (Å²) >= 11 is 0. The monoisotopic (exact) mass is 398 g/mol. The van der Waals surface area contributed by atoms with Crippen LogP contribution >= 0.6 is 0 Å². The van der Waals surface area contributed by atoms with Gasteiger partial charge in [0.15, 0.2) is 17.3 Å². The van der Waals surface area contributed by atoms with Crippen LogP contribution in [-0.4, -0.2) is 62.6 Å². The first-order valence-electron chi connectivity index (χ1n) is 9.47. The number of nitrogens with zero attached hydrogens (tertiary/aromatic N) is 6. The Hall–Kier alpha value is -3.27. The Morgan fingerprint density at radius 1 is 1.24 bits per heavy atom. The van der Waals surface area contributed by atoms with Gasteiger partial charge >= 0.3 is 0 Å². The van der Waals surface area contributed by atoms with E-state index in [0.717, 1.165) is 48.8 Å². The molecule has 3 N–H and O–H groups in total. The summed E-state index contributed by atoms with van der Waals surface area (Å²) in [6.45, 7) is 7.98. The van der Waals surface area contributed by atoms with E-state index in [9.17, 15) is 9.18 Å². The summed E-state index contributed by atoms with van der Waals surface area (Å²) in [6.07, 6.45) is 5.46. The lowest BCUT2D eigenvalue weighted by atomic mass is 10.2. The van der Waals surface area contributed by atoms with Crippen molar-refractivity contribution >= 4 is 28.7 Å². The maximum Gasteiger partial charge on any atom is 0.263 e. The molecular weight excluding hydrogens is 375 g/mol. The molecule has 152 valence electrons. The van der Waals surface area contributed by atoms with Crippen molar-refractivity contribution in [2.24, 2.45) is 0 Å². The zero-order valence-electron chi connectivity index (χ0n) is 16.3. The second kappa shape index (κ2) is 7.63. The summed E-state index contributed by atoms with van der Waals surface area (Å²) in [4.78, 5) is 25.7. The van der Waals surface area contributed by atoms with Crippen molar-refractivity contribution in [1.82, 2.24) is 24.5 Å². The highest BCUT2D eigenvalue weighted by atomic mass is 19.1. The molecule has 1 aliphatic rings. The summed E-state index contributed by atoms with van der Waals surface area (Å²) in [6, 6.07) is 2.39. The zero-order valence-corrected chi connectivity index (χ0v) is 16.3. The number of carbonyl (C=O) groups is 1. The second-order valence-electron chi connectivity index (χ2n) is 7.26. The molecule has 9 nitrogen and oxygen atoms in total. The van der Waals surface area contributed by atoms with E-state index in [0.29, 0.717) is 11.7 Å². The van der Waals surface area contributed by atoms with Crippen molar-refractivity contribution in [3.63, 3.8) is 0 Å². The lowest BCUT2D eigenvalue weighted by Gasteiger charge is -2.38. The Morgan fingerprint density at radius 3 is 2.72 bits per heavy atom. The van der Waals surface area contributed by atoms with Gasteiger partial charge < -0.3 is 16.0 Å². The van der Waals surface area contributed by atoms with E-state index in [1.54, 1.807) is 12.4 Å². The molecule has 4 rings (SSSR count). The van der Waals surface area contributed by atoms with Gasteiger partial charge in [-0.1, -0.05) is 0 Å². The molecule has 3 aromatic rings. The van der Waals surface area contributed by atoms with Gasteiger partial charge in [-0.25, -0.2) is 13.9 Å². The number of nitrogen functional groups attached to an aromatic ring is 1. The van der Waals surface area contributed by atoms with Crippen LogP contribution in [0.1, 0.15) is 24.2 Å². The molecule has 29 heavy (non-hydrogen) atoms. The molecule has 4 heterocycles. The van der Waals surface area contributed by atoms with Crippen LogP contribution in [0.2, 0.25) is 0 Å². The lowest BCUT2D eigenvalue weighted by Crippen LogP contribution is -2.49. The molecule has 0 unspecified atom stereocenters. The minimum atomic E-state index is -0.568. The molecule has 10 heteroatoms. The lowest BCUT2D eigenvalue weighted by molar-refractivity contribution is 0.102. The van der Waals surface area contributed by atoms with Gasteiger partial charge in [0, 0.05) is 38.4 Å². The summed E-state index contributed by atoms with van der Waals surface area (Å²) in [7, 11) is 0. The van der Waals surface area contributed by atoms with Crippen molar-refractivity contribution in [2.75, 3.05) is 42.1 Å². The van der Waals surface area contributed by atoms with Crippen LogP contribution in [0.5, 0.6) is 0 Å². The Bertz CT molecular complexity index is 1040. The number of anilines is 3. The predicted octanol–water partition coefficient (Wildman–Crippen LogP) is 1.63. The number of nitrogens with one attached hydrogen (secondary N) is 1. The standard InChI is InChI=1S/C19H23FN8O/c1-12(2)26-5-7-27(8-6-26)15-3-4-22-10-14(15)24-19(29)16-17(21)25-28-11-13(20)9-23-18(16)28/h3-4,9-12H,5-8H2,1-2H3,(H2,21,25)(H,24,29). The molecule has 0 radical (unpaired) electrons. The Kier molecular flexibility index (Phi) is 5.01. The molecular formula is C19H23FN8O. The zero-order chi connectivity index (χ0) is 20.5. The van der Waals surface area contributed by atoms with Gasteiger partial charge in [-0.3, -0.25) is 14.7 Å².